The molecule has 1 saturated carbocycles. The molecule has 1 fully saturated rings. The molecule has 0 aromatic carbocycles. The normalized spacial score (nSPS) is 34.1. The van der Waals surface area contributed by atoms with Crippen molar-refractivity contribution >= 4 is 0 Å². The highest BCUT2D eigenvalue weighted by Gasteiger charge is 2.18. The van der Waals surface area contributed by atoms with E-state index in [0.717, 1.165) is 24.8 Å². The van der Waals surface area contributed by atoms with Gasteiger partial charge in [0, 0.05) is 0 Å². The zero-order chi connectivity index (χ0) is 8.97. The summed E-state index contributed by atoms with van der Waals surface area (Å²) in [5.74, 6) is 1.71. The number of rotatable bonds is 2. The third kappa shape index (κ3) is 2.63. The number of hydrogen-bond donors (Lipinski definition) is 1. The lowest BCUT2D eigenvalue weighted by atomic mass is 9.79. The third-order valence-corrected chi connectivity index (χ3v) is 2.88. The van der Waals surface area contributed by atoms with Gasteiger partial charge in [0.2, 0.25) is 0 Å². The molecule has 1 rings (SSSR count). The summed E-state index contributed by atoms with van der Waals surface area (Å²) in [7, 11) is 0. The van der Waals surface area contributed by atoms with E-state index in [1.54, 1.807) is 5.57 Å². The van der Waals surface area contributed by atoms with Crippen LogP contribution in [-0.4, -0.2) is 6.54 Å². The van der Waals surface area contributed by atoms with Crippen LogP contribution in [0.1, 0.15) is 39.5 Å². The monoisotopic (exact) mass is 167 g/mol. The van der Waals surface area contributed by atoms with E-state index in [4.69, 9.17) is 5.73 Å². The Bertz CT molecular complexity index is 160. The second-order valence-electron chi connectivity index (χ2n) is 4.14. The van der Waals surface area contributed by atoms with E-state index in [1.807, 2.05) is 0 Å². The lowest BCUT2D eigenvalue weighted by Gasteiger charge is -2.26. The smallest absolute Gasteiger partial charge is 0.00425 e. The largest absolute Gasteiger partial charge is 0.330 e. The van der Waals surface area contributed by atoms with Crippen LogP contribution in [0.4, 0.5) is 0 Å². The summed E-state index contributed by atoms with van der Waals surface area (Å²) in [6.45, 7) is 5.49. The van der Waals surface area contributed by atoms with Crippen LogP contribution in [0.15, 0.2) is 11.6 Å². The Labute approximate surface area is 76.0 Å². The second-order valence-corrected chi connectivity index (χ2v) is 4.14. The molecule has 2 atom stereocenters. The van der Waals surface area contributed by atoms with Gasteiger partial charge < -0.3 is 5.73 Å². The fourth-order valence-electron chi connectivity index (χ4n) is 1.98. The molecule has 0 heterocycles. The summed E-state index contributed by atoms with van der Waals surface area (Å²) in [5, 5.41) is 0. The standard InChI is InChI=1S/C11H21N/c1-9-5-6-10(2)11(8-9)4-3-7-12/h4,9-10H,3,5-8,12H2,1-2H3. The van der Waals surface area contributed by atoms with Crippen molar-refractivity contribution in [2.24, 2.45) is 17.6 Å². The van der Waals surface area contributed by atoms with E-state index >= 15 is 0 Å². The lowest BCUT2D eigenvalue weighted by molar-refractivity contribution is 0.385. The topological polar surface area (TPSA) is 26.0 Å². The number of allylic oxidation sites excluding steroid dienone is 1. The van der Waals surface area contributed by atoms with Crippen LogP contribution in [0, 0.1) is 11.8 Å². The van der Waals surface area contributed by atoms with E-state index in [1.165, 1.54) is 19.3 Å². The highest BCUT2D eigenvalue weighted by Crippen LogP contribution is 2.32. The highest BCUT2D eigenvalue weighted by molar-refractivity contribution is 5.09. The van der Waals surface area contributed by atoms with E-state index in [9.17, 15) is 0 Å². The average Bonchev–Trinajstić information content (AvgIpc) is 2.07. The second kappa shape index (κ2) is 4.66. The van der Waals surface area contributed by atoms with Gasteiger partial charge in [0.1, 0.15) is 0 Å². The van der Waals surface area contributed by atoms with Crippen molar-refractivity contribution in [1.29, 1.82) is 0 Å². The molecule has 0 spiro atoms. The van der Waals surface area contributed by atoms with Gasteiger partial charge >= 0.3 is 0 Å². The molecule has 0 amide bonds. The third-order valence-electron chi connectivity index (χ3n) is 2.88. The Morgan fingerprint density at radius 2 is 2.17 bits per heavy atom. The minimum absolute atomic E-state index is 0.796. The van der Waals surface area contributed by atoms with Crippen LogP contribution in [-0.2, 0) is 0 Å². The molecule has 70 valence electrons. The Kier molecular flexibility index (Phi) is 3.80. The van der Waals surface area contributed by atoms with Gasteiger partial charge in [-0.05, 0) is 44.1 Å². The SMILES string of the molecule is CC1CCC(C)C(=CCCN)C1. The first-order valence-corrected chi connectivity index (χ1v) is 5.13. The molecular weight excluding hydrogens is 146 g/mol. The van der Waals surface area contributed by atoms with Crippen molar-refractivity contribution in [3.63, 3.8) is 0 Å². The molecule has 0 bridgehead atoms. The maximum absolute atomic E-state index is 5.48. The van der Waals surface area contributed by atoms with Gasteiger partial charge in [0.05, 0.1) is 0 Å². The van der Waals surface area contributed by atoms with Crippen LogP contribution in [0.5, 0.6) is 0 Å². The van der Waals surface area contributed by atoms with Gasteiger partial charge in [-0.1, -0.05) is 25.5 Å². The molecule has 1 aliphatic carbocycles. The van der Waals surface area contributed by atoms with Crippen molar-refractivity contribution in [3.05, 3.63) is 11.6 Å². The van der Waals surface area contributed by atoms with Crippen LogP contribution >= 0.6 is 0 Å². The Hall–Kier alpha value is -0.300. The van der Waals surface area contributed by atoms with Crippen molar-refractivity contribution < 1.29 is 0 Å². The zero-order valence-corrected chi connectivity index (χ0v) is 8.34. The molecule has 1 heteroatoms. The zero-order valence-electron chi connectivity index (χ0n) is 8.34. The fraction of sp³-hybridized carbons (Fsp3) is 0.818. The van der Waals surface area contributed by atoms with Gasteiger partial charge in [-0.2, -0.15) is 0 Å². The first kappa shape index (κ1) is 9.79. The van der Waals surface area contributed by atoms with Gasteiger partial charge in [-0.15, -0.1) is 0 Å². The van der Waals surface area contributed by atoms with E-state index in [2.05, 4.69) is 19.9 Å². The first-order valence-electron chi connectivity index (χ1n) is 5.13. The first-order chi connectivity index (χ1) is 5.74. The van der Waals surface area contributed by atoms with E-state index in [-0.39, 0.29) is 0 Å². The summed E-state index contributed by atoms with van der Waals surface area (Å²) in [6, 6.07) is 0. The molecule has 2 N–H and O–H groups in total. The average molecular weight is 167 g/mol. The maximum atomic E-state index is 5.48. The molecule has 0 aliphatic heterocycles. The molecule has 0 radical (unpaired) electrons. The highest BCUT2D eigenvalue weighted by atomic mass is 14.5. The van der Waals surface area contributed by atoms with Crippen LogP contribution in [0.25, 0.3) is 0 Å². The minimum Gasteiger partial charge on any atom is -0.330 e. The molecule has 2 unspecified atom stereocenters. The van der Waals surface area contributed by atoms with E-state index < -0.39 is 0 Å². The van der Waals surface area contributed by atoms with E-state index in [0.29, 0.717) is 0 Å². The summed E-state index contributed by atoms with van der Waals surface area (Å²) < 4.78 is 0. The molecule has 0 aromatic heterocycles. The maximum Gasteiger partial charge on any atom is -0.00425 e. The molecule has 12 heavy (non-hydrogen) atoms. The van der Waals surface area contributed by atoms with Crippen molar-refractivity contribution in [2.45, 2.75) is 39.5 Å². The minimum atomic E-state index is 0.796. The van der Waals surface area contributed by atoms with Gasteiger partial charge in [-0.25, -0.2) is 0 Å². The van der Waals surface area contributed by atoms with Crippen LogP contribution < -0.4 is 5.73 Å². The van der Waals surface area contributed by atoms with Gasteiger partial charge in [-0.3, -0.25) is 0 Å². The Morgan fingerprint density at radius 1 is 1.42 bits per heavy atom. The van der Waals surface area contributed by atoms with Gasteiger partial charge in [0.25, 0.3) is 0 Å². The van der Waals surface area contributed by atoms with Gasteiger partial charge in [0.15, 0.2) is 0 Å². The quantitative estimate of drug-likeness (QED) is 0.629. The van der Waals surface area contributed by atoms with Crippen molar-refractivity contribution in [2.75, 3.05) is 6.54 Å². The summed E-state index contributed by atoms with van der Waals surface area (Å²) in [5.41, 5.74) is 7.13. The fourth-order valence-corrected chi connectivity index (χ4v) is 1.98. The van der Waals surface area contributed by atoms with Crippen LogP contribution in [0.2, 0.25) is 0 Å². The number of hydrogen-bond acceptors (Lipinski definition) is 1. The predicted molar refractivity (Wildman–Crippen MR) is 53.9 cm³/mol. The lowest BCUT2D eigenvalue weighted by Crippen LogP contribution is -2.13. The molecule has 0 saturated heterocycles. The Morgan fingerprint density at radius 3 is 2.83 bits per heavy atom. The summed E-state index contributed by atoms with van der Waals surface area (Å²) in [4.78, 5) is 0. The molecule has 1 aliphatic rings. The summed E-state index contributed by atoms with van der Waals surface area (Å²) in [6.07, 6.45) is 7.51. The summed E-state index contributed by atoms with van der Waals surface area (Å²) >= 11 is 0. The Balaban J connectivity index is 2.48. The predicted octanol–water partition coefficient (Wildman–Crippen LogP) is 2.72. The molecular formula is C11H21N. The molecule has 0 aromatic rings. The number of nitrogens with two attached hydrogens (primary N) is 1. The van der Waals surface area contributed by atoms with Crippen LogP contribution in [0.3, 0.4) is 0 Å². The molecule has 1 nitrogen and oxygen atoms in total. The van der Waals surface area contributed by atoms with Crippen molar-refractivity contribution in [3.8, 4) is 0 Å². The van der Waals surface area contributed by atoms with Crippen molar-refractivity contribution in [1.82, 2.24) is 0 Å².